The van der Waals surface area contributed by atoms with Crippen LogP contribution >= 0.6 is 27.5 Å². The van der Waals surface area contributed by atoms with Crippen LogP contribution < -0.4 is 4.74 Å². The van der Waals surface area contributed by atoms with E-state index in [1.807, 2.05) is 19.9 Å². The summed E-state index contributed by atoms with van der Waals surface area (Å²) in [5, 5.41) is 1.18. The highest BCUT2D eigenvalue weighted by molar-refractivity contribution is 9.10. The van der Waals surface area contributed by atoms with Crippen molar-refractivity contribution in [2.24, 2.45) is 0 Å². The van der Waals surface area contributed by atoms with Gasteiger partial charge in [0.15, 0.2) is 5.69 Å². The van der Waals surface area contributed by atoms with E-state index in [0.29, 0.717) is 16.3 Å². The van der Waals surface area contributed by atoms with E-state index in [9.17, 15) is 4.79 Å². The second-order valence-corrected chi connectivity index (χ2v) is 5.68. The average Bonchev–Trinajstić information content (AvgIpc) is 2.41. The number of ether oxygens (including phenoxy) is 2. The van der Waals surface area contributed by atoms with Crippen LogP contribution in [0.15, 0.2) is 22.7 Å². The summed E-state index contributed by atoms with van der Waals surface area (Å²) in [6, 6.07) is 5.09. The standard InChI is InChI=1S/C14H13BrClNO3/c1-7(2)20-11-6-10(14(18)19-3)17-13-9(16)5-4-8(15)12(11)13/h4-7H,1-3H3. The minimum absolute atomic E-state index is 0.0445. The Morgan fingerprint density at radius 1 is 1.40 bits per heavy atom. The first-order valence-electron chi connectivity index (χ1n) is 5.97. The molecule has 0 spiro atoms. The Kier molecular flexibility index (Phi) is 4.50. The first-order chi connectivity index (χ1) is 9.43. The summed E-state index contributed by atoms with van der Waals surface area (Å²) in [7, 11) is 1.31. The Labute approximate surface area is 130 Å². The highest BCUT2D eigenvalue weighted by Gasteiger charge is 2.17. The van der Waals surface area contributed by atoms with Gasteiger partial charge in [-0.1, -0.05) is 11.6 Å². The van der Waals surface area contributed by atoms with E-state index < -0.39 is 5.97 Å². The fourth-order valence-corrected chi connectivity index (χ4v) is 2.50. The minimum atomic E-state index is -0.531. The Balaban J connectivity index is 2.77. The first-order valence-corrected chi connectivity index (χ1v) is 7.15. The fourth-order valence-electron chi connectivity index (χ4n) is 1.79. The molecular formula is C14H13BrClNO3. The van der Waals surface area contributed by atoms with Gasteiger partial charge >= 0.3 is 5.97 Å². The predicted octanol–water partition coefficient (Wildman–Crippen LogP) is 4.22. The van der Waals surface area contributed by atoms with Crippen LogP contribution in [0.5, 0.6) is 5.75 Å². The van der Waals surface area contributed by atoms with Crippen molar-refractivity contribution in [2.45, 2.75) is 20.0 Å². The van der Waals surface area contributed by atoms with Gasteiger partial charge in [0.05, 0.1) is 29.1 Å². The van der Waals surface area contributed by atoms with Crippen molar-refractivity contribution in [1.29, 1.82) is 0 Å². The molecule has 1 aromatic carbocycles. The zero-order valence-electron chi connectivity index (χ0n) is 11.2. The van der Waals surface area contributed by atoms with Gasteiger partial charge in [-0.15, -0.1) is 0 Å². The monoisotopic (exact) mass is 357 g/mol. The number of halogens is 2. The number of hydrogen-bond donors (Lipinski definition) is 0. The molecule has 0 radical (unpaired) electrons. The van der Waals surface area contributed by atoms with Gasteiger partial charge in [-0.2, -0.15) is 0 Å². The summed E-state index contributed by atoms with van der Waals surface area (Å²) in [6.45, 7) is 3.81. The van der Waals surface area contributed by atoms with Gasteiger partial charge in [-0.25, -0.2) is 9.78 Å². The van der Waals surface area contributed by atoms with Crippen molar-refractivity contribution in [2.75, 3.05) is 7.11 Å². The number of carbonyl (C=O) groups is 1. The van der Waals surface area contributed by atoms with Crippen LogP contribution in [0.25, 0.3) is 10.9 Å². The van der Waals surface area contributed by atoms with Gasteiger partial charge in [0.1, 0.15) is 5.75 Å². The van der Waals surface area contributed by atoms with Crippen molar-refractivity contribution >= 4 is 44.4 Å². The molecule has 20 heavy (non-hydrogen) atoms. The number of pyridine rings is 1. The molecule has 0 amide bonds. The smallest absolute Gasteiger partial charge is 0.356 e. The molecule has 0 saturated carbocycles. The zero-order valence-corrected chi connectivity index (χ0v) is 13.6. The van der Waals surface area contributed by atoms with Crippen molar-refractivity contribution in [3.8, 4) is 5.75 Å². The van der Waals surface area contributed by atoms with Gasteiger partial charge in [-0.05, 0) is 41.9 Å². The normalized spacial score (nSPS) is 10.9. The molecular weight excluding hydrogens is 346 g/mol. The number of hydrogen-bond acceptors (Lipinski definition) is 4. The lowest BCUT2D eigenvalue weighted by Crippen LogP contribution is -2.10. The third-order valence-electron chi connectivity index (χ3n) is 2.58. The molecule has 0 aliphatic rings. The molecule has 1 heterocycles. The highest BCUT2D eigenvalue weighted by atomic mass is 79.9. The molecule has 2 rings (SSSR count). The maximum absolute atomic E-state index is 11.7. The molecule has 1 aromatic heterocycles. The molecule has 0 saturated heterocycles. The summed E-state index contributed by atoms with van der Waals surface area (Å²) in [5.74, 6) is 0.0105. The summed E-state index contributed by atoms with van der Waals surface area (Å²) in [6.07, 6.45) is -0.0445. The third kappa shape index (κ3) is 2.88. The molecule has 6 heteroatoms. The zero-order chi connectivity index (χ0) is 14.9. The van der Waals surface area contributed by atoms with Gasteiger partial charge in [0.2, 0.25) is 0 Å². The number of benzene rings is 1. The maximum Gasteiger partial charge on any atom is 0.356 e. The molecule has 0 bridgehead atoms. The second kappa shape index (κ2) is 5.97. The van der Waals surface area contributed by atoms with Crippen LogP contribution in [0.3, 0.4) is 0 Å². The molecule has 4 nitrogen and oxygen atoms in total. The van der Waals surface area contributed by atoms with Crippen molar-refractivity contribution in [1.82, 2.24) is 4.98 Å². The number of nitrogens with zero attached hydrogens (tertiary/aromatic N) is 1. The Bertz CT molecular complexity index is 673. The minimum Gasteiger partial charge on any atom is -0.490 e. The van der Waals surface area contributed by atoms with Crippen LogP contribution in [-0.4, -0.2) is 24.2 Å². The average molecular weight is 359 g/mol. The van der Waals surface area contributed by atoms with Gasteiger partial charge < -0.3 is 9.47 Å². The number of rotatable bonds is 3. The van der Waals surface area contributed by atoms with Crippen LogP contribution in [0.4, 0.5) is 0 Å². The number of methoxy groups -OCH3 is 1. The van der Waals surface area contributed by atoms with Crippen LogP contribution in [0.1, 0.15) is 24.3 Å². The Morgan fingerprint density at radius 3 is 2.70 bits per heavy atom. The number of aromatic nitrogens is 1. The quantitative estimate of drug-likeness (QED) is 0.771. The van der Waals surface area contributed by atoms with Crippen LogP contribution in [0, 0.1) is 0 Å². The van der Waals surface area contributed by atoms with E-state index in [-0.39, 0.29) is 11.8 Å². The number of fused-ring (bicyclic) bond motifs is 1. The van der Waals surface area contributed by atoms with Gasteiger partial charge in [-0.3, -0.25) is 0 Å². The van der Waals surface area contributed by atoms with E-state index in [4.69, 9.17) is 21.1 Å². The Hall–Kier alpha value is -1.33. The summed E-state index contributed by atoms with van der Waals surface area (Å²) < 4.78 is 11.3. The lowest BCUT2D eigenvalue weighted by Gasteiger charge is -2.15. The lowest BCUT2D eigenvalue weighted by molar-refractivity contribution is 0.0593. The van der Waals surface area contributed by atoms with Crippen molar-refractivity contribution < 1.29 is 14.3 Å². The number of carbonyl (C=O) groups excluding carboxylic acids is 1. The second-order valence-electron chi connectivity index (χ2n) is 4.42. The molecule has 0 fully saturated rings. The SMILES string of the molecule is COC(=O)c1cc(OC(C)C)c2c(Br)ccc(Cl)c2n1. The number of esters is 1. The van der Waals surface area contributed by atoms with Crippen LogP contribution in [0.2, 0.25) is 5.02 Å². The van der Waals surface area contributed by atoms with E-state index in [1.54, 1.807) is 12.1 Å². The summed E-state index contributed by atoms with van der Waals surface area (Å²) in [5.41, 5.74) is 0.662. The highest BCUT2D eigenvalue weighted by Crippen LogP contribution is 2.36. The van der Waals surface area contributed by atoms with Gasteiger partial charge in [0.25, 0.3) is 0 Å². The van der Waals surface area contributed by atoms with Crippen LogP contribution in [-0.2, 0) is 4.74 Å². The largest absolute Gasteiger partial charge is 0.490 e. The van der Waals surface area contributed by atoms with E-state index in [1.165, 1.54) is 7.11 Å². The molecule has 0 aliphatic carbocycles. The molecule has 106 valence electrons. The van der Waals surface area contributed by atoms with Gasteiger partial charge in [0, 0.05) is 10.5 Å². The van der Waals surface area contributed by atoms with E-state index >= 15 is 0 Å². The molecule has 0 unspecified atom stereocenters. The fraction of sp³-hybridized carbons (Fsp3) is 0.286. The molecule has 0 aliphatic heterocycles. The summed E-state index contributed by atoms with van der Waals surface area (Å²) >= 11 is 9.62. The predicted molar refractivity (Wildman–Crippen MR) is 81.6 cm³/mol. The van der Waals surface area contributed by atoms with Crippen molar-refractivity contribution in [3.05, 3.63) is 33.4 Å². The molecule has 0 N–H and O–H groups in total. The topological polar surface area (TPSA) is 48.4 Å². The first kappa shape index (κ1) is 15.1. The molecule has 0 atom stereocenters. The summed E-state index contributed by atoms with van der Waals surface area (Å²) in [4.78, 5) is 16.0. The maximum atomic E-state index is 11.7. The van der Waals surface area contributed by atoms with E-state index in [2.05, 4.69) is 20.9 Å². The lowest BCUT2D eigenvalue weighted by atomic mass is 10.1. The molecule has 2 aromatic rings. The Morgan fingerprint density at radius 2 is 2.10 bits per heavy atom. The van der Waals surface area contributed by atoms with E-state index in [0.717, 1.165) is 9.86 Å². The van der Waals surface area contributed by atoms with Crippen molar-refractivity contribution in [3.63, 3.8) is 0 Å². The third-order valence-corrected chi connectivity index (χ3v) is 3.55.